The largest absolute Gasteiger partial charge is 0.324 e. The van der Waals surface area contributed by atoms with Crippen LogP contribution < -0.4 is 5.73 Å². The lowest BCUT2D eigenvalue weighted by atomic mass is 9.96. The van der Waals surface area contributed by atoms with E-state index in [2.05, 4.69) is 0 Å². The maximum atomic E-state index is 6.24. The summed E-state index contributed by atoms with van der Waals surface area (Å²) >= 11 is 18.4. The first-order valence-electron chi connectivity index (χ1n) is 5.50. The quantitative estimate of drug-likeness (QED) is 0.796. The van der Waals surface area contributed by atoms with Gasteiger partial charge in [0.2, 0.25) is 0 Å². The summed E-state index contributed by atoms with van der Waals surface area (Å²) in [5, 5.41) is 1.58. The molecule has 2 rings (SSSR count). The van der Waals surface area contributed by atoms with E-state index in [1.807, 2.05) is 31.2 Å². The Kier molecular flexibility index (Phi) is 4.18. The van der Waals surface area contributed by atoms with Gasteiger partial charge in [0.05, 0.1) is 10.0 Å². The smallest absolute Gasteiger partial charge is 0.0514 e. The molecular formula is C14H12Cl3N. The Morgan fingerprint density at radius 3 is 2.11 bits per heavy atom. The average Bonchev–Trinajstić information content (AvgIpc) is 2.28. The van der Waals surface area contributed by atoms with E-state index in [1.165, 1.54) is 0 Å². The zero-order valence-corrected chi connectivity index (χ0v) is 12.0. The van der Waals surface area contributed by atoms with Crippen molar-refractivity contribution in [3.05, 3.63) is 57.0 Å². The van der Waals surface area contributed by atoms with Crippen molar-refractivity contribution in [2.24, 2.45) is 5.73 Å². The van der Waals surface area contributed by atoms with Crippen LogP contribution in [0.4, 0.5) is 0 Å². The van der Waals surface area contributed by atoms with Crippen LogP contribution in [0.25, 0.3) is 11.1 Å². The van der Waals surface area contributed by atoms with Crippen LogP contribution in [0.15, 0.2) is 36.4 Å². The van der Waals surface area contributed by atoms with Crippen LogP contribution in [0, 0.1) is 0 Å². The van der Waals surface area contributed by atoms with Gasteiger partial charge in [-0.05, 0) is 30.2 Å². The van der Waals surface area contributed by atoms with Gasteiger partial charge in [0, 0.05) is 16.6 Å². The molecular weight excluding hydrogens is 289 g/mol. The van der Waals surface area contributed by atoms with Crippen molar-refractivity contribution in [1.82, 2.24) is 0 Å². The number of rotatable bonds is 2. The molecule has 0 radical (unpaired) electrons. The molecule has 0 aliphatic rings. The molecule has 0 amide bonds. The molecule has 2 N–H and O–H groups in total. The van der Waals surface area contributed by atoms with E-state index in [9.17, 15) is 0 Å². The molecule has 0 spiro atoms. The summed E-state index contributed by atoms with van der Waals surface area (Å²) in [5.41, 5.74) is 8.69. The molecule has 0 aliphatic heterocycles. The van der Waals surface area contributed by atoms with Gasteiger partial charge in [-0.2, -0.15) is 0 Å². The molecule has 0 aromatic heterocycles. The van der Waals surface area contributed by atoms with Gasteiger partial charge in [0.1, 0.15) is 0 Å². The third-order valence-electron chi connectivity index (χ3n) is 2.73. The molecule has 0 saturated heterocycles. The molecule has 18 heavy (non-hydrogen) atoms. The van der Waals surface area contributed by atoms with E-state index in [0.29, 0.717) is 15.1 Å². The van der Waals surface area contributed by atoms with Gasteiger partial charge in [-0.1, -0.05) is 59.1 Å². The van der Waals surface area contributed by atoms with Crippen molar-refractivity contribution in [3.8, 4) is 11.1 Å². The zero-order valence-electron chi connectivity index (χ0n) is 9.75. The first-order chi connectivity index (χ1) is 8.50. The van der Waals surface area contributed by atoms with Gasteiger partial charge >= 0.3 is 0 Å². The third-order valence-corrected chi connectivity index (χ3v) is 3.54. The van der Waals surface area contributed by atoms with Crippen molar-refractivity contribution in [2.45, 2.75) is 13.0 Å². The highest BCUT2D eigenvalue weighted by Gasteiger charge is 2.15. The predicted octanol–water partition coefficient (Wildman–Crippen LogP) is 5.33. The van der Waals surface area contributed by atoms with E-state index in [4.69, 9.17) is 40.5 Å². The maximum Gasteiger partial charge on any atom is 0.0514 e. The number of hydrogen-bond donors (Lipinski definition) is 1. The Hall–Kier alpha value is -0.730. The number of nitrogens with two attached hydrogens (primary N) is 1. The van der Waals surface area contributed by atoms with Crippen molar-refractivity contribution >= 4 is 34.8 Å². The molecule has 1 nitrogen and oxygen atoms in total. The Balaban J connectivity index is 2.70. The third kappa shape index (κ3) is 2.65. The monoisotopic (exact) mass is 299 g/mol. The molecule has 2 aromatic carbocycles. The van der Waals surface area contributed by atoms with Gasteiger partial charge in [-0.25, -0.2) is 0 Å². The highest BCUT2D eigenvalue weighted by Crippen LogP contribution is 2.39. The highest BCUT2D eigenvalue weighted by atomic mass is 35.5. The second kappa shape index (κ2) is 5.50. The molecule has 1 atom stereocenters. The van der Waals surface area contributed by atoms with Crippen LogP contribution in [0.5, 0.6) is 0 Å². The van der Waals surface area contributed by atoms with Crippen molar-refractivity contribution < 1.29 is 0 Å². The van der Waals surface area contributed by atoms with E-state index in [-0.39, 0.29) is 6.04 Å². The van der Waals surface area contributed by atoms with E-state index >= 15 is 0 Å². The fourth-order valence-electron chi connectivity index (χ4n) is 1.92. The van der Waals surface area contributed by atoms with Crippen molar-refractivity contribution in [1.29, 1.82) is 0 Å². The molecule has 0 fully saturated rings. The molecule has 4 heteroatoms. The number of benzene rings is 2. The van der Waals surface area contributed by atoms with Crippen LogP contribution in [0.3, 0.4) is 0 Å². The minimum Gasteiger partial charge on any atom is -0.324 e. The van der Waals surface area contributed by atoms with E-state index in [0.717, 1.165) is 16.7 Å². The van der Waals surface area contributed by atoms with Crippen LogP contribution in [-0.2, 0) is 0 Å². The Bertz CT molecular complexity index is 556. The second-order valence-corrected chi connectivity index (χ2v) is 5.37. The minimum absolute atomic E-state index is 0.0935. The van der Waals surface area contributed by atoms with Gasteiger partial charge in [-0.15, -0.1) is 0 Å². The van der Waals surface area contributed by atoms with Crippen LogP contribution in [-0.4, -0.2) is 0 Å². The van der Waals surface area contributed by atoms with Gasteiger partial charge < -0.3 is 5.73 Å². The van der Waals surface area contributed by atoms with Crippen LogP contribution in [0.2, 0.25) is 15.1 Å². The molecule has 1 unspecified atom stereocenters. The van der Waals surface area contributed by atoms with Gasteiger partial charge in [-0.3, -0.25) is 0 Å². The highest BCUT2D eigenvalue weighted by molar-refractivity contribution is 6.41. The van der Waals surface area contributed by atoms with Crippen molar-refractivity contribution in [3.63, 3.8) is 0 Å². The summed E-state index contributed by atoms with van der Waals surface area (Å²) < 4.78 is 0. The van der Waals surface area contributed by atoms with Gasteiger partial charge in [0.15, 0.2) is 0 Å². The van der Waals surface area contributed by atoms with Gasteiger partial charge in [0.25, 0.3) is 0 Å². The summed E-state index contributed by atoms with van der Waals surface area (Å²) in [6.07, 6.45) is 0. The predicted molar refractivity (Wildman–Crippen MR) is 79.5 cm³/mol. The summed E-state index contributed by atoms with van der Waals surface area (Å²) in [6, 6.07) is 11.1. The maximum absolute atomic E-state index is 6.24. The van der Waals surface area contributed by atoms with E-state index < -0.39 is 0 Å². The first-order valence-corrected chi connectivity index (χ1v) is 6.63. The number of hydrogen-bond acceptors (Lipinski definition) is 1. The summed E-state index contributed by atoms with van der Waals surface area (Å²) in [4.78, 5) is 0. The SMILES string of the molecule is CC(N)c1ccccc1-c1c(Cl)cc(Cl)cc1Cl. The van der Waals surface area contributed by atoms with Crippen LogP contribution >= 0.6 is 34.8 Å². The Labute approximate surface area is 121 Å². The normalized spacial score (nSPS) is 12.5. The first kappa shape index (κ1) is 13.7. The lowest BCUT2D eigenvalue weighted by Gasteiger charge is -2.15. The summed E-state index contributed by atoms with van der Waals surface area (Å²) in [6.45, 7) is 1.93. The Morgan fingerprint density at radius 2 is 1.56 bits per heavy atom. The second-order valence-electron chi connectivity index (χ2n) is 4.12. The molecule has 0 heterocycles. The topological polar surface area (TPSA) is 26.0 Å². The fourth-order valence-corrected chi connectivity index (χ4v) is 2.94. The lowest BCUT2D eigenvalue weighted by molar-refractivity contribution is 0.820. The number of halogens is 3. The molecule has 0 aliphatic carbocycles. The molecule has 2 aromatic rings. The standard InChI is InChI=1S/C14H12Cl3N/c1-8(18)10-4-2-3-5-11(10)14-12(16)6-9(15)7-13(14)17/h2-8H,18H2,1H3. The summed E-state index contributed by atoms with van der Waals surface area (Å²) in [5.74, 6) is 0. The molecule has 94 valence electrons. The zero-order chi connectivity index (χ0) is 13.3. The fraction of sp³-hybridized carbons (Fsp3) is 0.143. The van der Waals surface area contributed by atoms with E-state index in [1.54, 1.807) is 12.1 Å². The molecule has 0 bridgehead atoms. The average molecular weight is 301 g/mol. The Morgan fingerprint density at radius 1 is 1.00 bits per heavy atom. The lowest BCUT2D eigenvalue weighted by Crippen LogP contribution is -2.06. The van der Waals surface area contributed by atoms with Crippen LogP contribution in [0.1, 0.15) is 18.5 Å². The minimum atomic E-state index is -0.0935. The van der Waals surface area contributed by atoms with Crippen molar-refractivity contribution in [2.75, 3.05) is 0 Å². The molecule has 0 saturated carbocycles. The summed E-state index contributed by atoms with van der Waals surface area (Å²) in [7, 11) is 0.